The van der Waals surface area contributed by atoms with Crippen molar-refractivity contribution in [2.75, 3.05) is 13.1 Å². The predicted octanol–water partition coefficient (Wildman–Crippen LogP) is 6.89. The lowest BCUT2D eigenvalue weighted by Crippen LogP contribution is -2.43. The van der Waals surface area contributed by atoms with E-state index in [1.54, 1.807) is 30.5 Å². The van der Waals surface area contributed by atoms with E-state index in [0.29, 0.717) is 51.3 Å². The Morgan fingerprint density at radius 1 is 0.935 bits per heavy atom. The summed E-state index contributed by atoms with van der Waals surface area (Å²) in [6.45, 7) is 5.75. The minimum absolute atomic E-state index is 0.160. The molecule has 1 fully saturated rings. The predicted molar refractivity (Wildman–Crippen MR) is 127 cm³/mol. The molecule has 3 aromatic rings. The van der Waals surface area contributed by atoms with Gasteiger partial charge in [0.15, 0.2) is 0 Å². The summed E-state index contributed by atoms with van der Waals surface area (Å²) in [4.78, 5) is 24.2. The van der Waals surface area contributed by atoms with Gasteiger partial charge in [0.05, 0.1) is 10.7 Å². The average Bonchev–Trinajstić information content (AvgIpc) is 2.73. The number of likely N-dealkylation sites (tertiary alicyclic amines) is 1. The number of benzene rings is 2. The summed E-state index contributed by atoms with van der Waals surface area (Å²) < 4.78 is 0. The summed E-state index contributed by atoms with van der Waals surface area (Å²) in [5, 5.41) is 1.62. The molecule has 2 unspecified atom stereocenters. The molecule has 1 aliphatic rings. The first-order valence-electron chi connectivity index (χ1n) is 10.2. The van der Waals surface area contributed by atoms with Gasteiger partial charge in [-0.15, -0.1) is 0 Å². The molecule has 2 aromatic carbocycles. The standard InChI is InChI=1S/C24H22Cl3N3O/c1-14-9-15(2)13-30(12-14)24(31)23-28-11-20(16-3-5-17(25)6-4-16)22(29-23)19-8-7-18(26)10-21(19)27/h3-8,10-11,14-15H,9,12-13H2,1-2H3. The van der Waals surface area contributed by atoms with Gasteiger partial charge in [-0.05, 0) is 54.2 Å². The second kappa shape index (κ2) is 9.15. The molecule has 0 spiro atoms. The second-order valence-corrected chi connectivity index (χ2v) is 9.52. The molecule has 7 heteroatoms. The smallest absolute Gasteiger partial charge is 0.291 e. The molecule has 1 aromatic heterocycles. The number of hydrogen-bond donors (Lipinski definition) is 0. The molecule has 160 valence electrons. The Balaban J connectivity index is 1.81. The summed E-state index contributed by atoms with van der Waals surface area (Å²) in [7, 11) is 0. The molecule has 4 rings (SSSR count). The SMILES string of the molecule is CC1CC(C)CN(C(=O)c2ncc(-c3ccc(Cl)cc3)c(-c3ccc(Cl)cc3Cl)n2)C1. The van der Waals surface area contributed by atoms with Gasteiger partial charge in [-0.2, -0.15) is 0 Å². The lowest BCUT2D eigenvalue weighted by atomic mass is 9.92. The van der Waals surface area contributed by atoms with E-state index in [9.17, 15) is 4.79 Å². The van der Waals surface area contributed by atoms with Gasteiger partial charge < -0.3 is 4.90 Å². The molecule has 31 heavy (non-hydrogen) atoms. The van der Waals surface area contributed by atoms with Gasteiger partial charge in [-0.25, -0.2) is 9.97 Å². The van der Waals surface area contributed by atoms with E-state index in [4.69, 9.17) is 39.8 Å². The van der Waals surface area contributed by atoms with Crippen LogP contribution in [0.5, 0.6) is 0 Å². The van der Waals surface area contributed by atoms with Gasteiger partial charge in [-0.3, -0.25) is 4.79 Å². The van der Waals surface area contributed by atoms with Crippen molar-refractivity contribution in [1.82, 2.24) is 14.9 Å². The second-order valence-electron chi connectivity index (χ2n) is 8.24. The number of aromatic nitrogens is 2. The van der Waals surface area contributed by atoms with Gasteiger partial charge in [0.2, 0.25) is 5.82 Å². The third-order valence-electron chi connectivity index (χ3n) is 5.48. The Morgan fingerprint density at radius 3 is 2.23 bits per heavy atom. The number of piperidine rings is 1. The first-order chi connectivity index (χ1) is 14.8. The van der Waals surface area contributed by atoms with E-state index in [1.165, 1.54) is 0 Å². The van der Waals surface area contributed by atoms with Gasteiger partial charge in [-0.1, -0.05) is 60.8 Å². The first kappa shape index (κ1) is 22.1. The fourth-order valence-corrected chi connectivity index (χ4v) is 4.81. The van der Waals surface area contributed by atoms with E-state index in [1.807, 2.05) is 23.1 Å². The average molecular weight is 475 g/mol. The Labute approximate surface area is 197 Å². The Bertz CT molecular complexity index is 1110. The highest BCUT2D eigenvalue weighted by Gasteiger charge is 2.28. The van der Waals surface area contributed by atoms with Crippen LogP contribution < -0.4 is 0 Å². The van der Waals surface area contributed by atoms with Crippen molar-refractivity contribution >= 4 is 40.7 Å². The molecule has 2 heterocycles. The molecule has 0 aliphatic carbocycles. The summed E-state index contributed by atoms with van der Waals surface area (Å²) in [6, 6.07) is 12.6. The number of halogens is 3. The van der Waals surface area contributed by atoms with Crippen LogP contribution in [0.15, 0.2) is 48.7 Å². The highest BCUT2D eigenvalue weighted by molar-refractivity contribution is 6.36. The van der Waals surface area contributed by atoms with Crippen molar-refractivity contribution in [1.29, 1.82) is 0 Å². The molecule has 4 nitrogen and oxygen atoms in total. The van der Waals surface area contributed by atoms with Crippen LogP contribution in [-0.2, 0) is 0 Å². The highest BCUT2D eigenvalue weighted by Crippen LogP contribution is 2.36. The molecule has 1 saturated heterocycles. The van der Waals surface area contributed by atoms with Crippen LogP contribution in [0.4, 0.5) is 0 Å². The Kier molecular flexibility index (Phi) is 6.52. The quantitative estimate of drug-likeness (QED) is 0.415. The van der Waals surface area contributed by atoms with Crippen LogP contribution in [0.25, 0.3) is 22.4 Å². The summed E-state index contributed by atoms with van der Waals surface area (Å²) in [6.07, 6.45) is 2.80. The van der Waals surface area contributed by atoms with Gasteiger partial charge in [0.25, 0.3) is 5.91 Å². The minimum Gasteiger partial charge on any atom is -0.335 e. The van der Waals surface area contributed by atoms with E-state index in [-0.39, 0.29) is 11.7 Å². The van der Waals surface area contributed by atoms with Crippen molar-refractivity contribution in [2.24, 2.45) is 11.8 Å². The van der Waals surface area contributed by atoms with Gasteiger partial charge in [0.1, 0.15) is 0 Å². The van der Waals surface area contributed by atoms with Crippen molar-refractivity contribution in [2.45, 2.75) is 20.3 Å². The molecule has 0 radical (unpaired) electrons. The maximum atomic E-state index is 13.2. The zero-order chi connectivity index (χ0) is 22.1. The number of amides is 1. The van der Waals surface area contributed by atoms with Crippen molar-refractivity contribution in [3.63, 3.8) is 0 Å². The maximum absolute atomic E-state index is 13.2. The van der Waals surface area contributed by atoms with Crippen molar-refractivity contribution in [3.05, 3.63) is 69.6 Å². The van der Waals surface area contributed by atoms with E-state index in [0.717, 1.165) is 17.5 Å². The Hall–Kier alpha value is -2.14. The molecular formula is C24H22Cl3N3O. The van der Waals surface area contributed by atoms with Crippen LogP contribution in [0.1, 0.15) is 30.9 Å². The van der Waals surface area contributed by atoms with Crippen molar-refractivity contribution in [3.8, 4) is 22.4 Å². The van der Waals surface area contributed by atoms with Gasteiger partial charge >= 0.3 is 0 Å². The summed E-state index contributed by atoms with van der Waals surface area (Å²) >= 11 is 18.7. The molecule has 1 amide bonds. The number of nitrogens with zero attached hydrogens (tertiary/aromatic N) is 3. The fourth-order valence-electron chi connectivity index (χ4n) is 4.18. The van der Waals surface area contributed by atoms with E-state index in [2.05, 4.69) is 18.8 Å². The van der Waals surface area contributed by atoms with Crippen LogP contribution >= 0.6 is 34.8 Å². The number of carbonyl (C=O) groups excluding carboxylic acids is 1. The van der Waals surface area contributed by atoms with Gasteiger partial charge in [0, 0.05) is 40.5 Å². The normalized spacial score (nSPS) is 18.8. The molecule has 2 atom stereocenters. The van der Waals surface area contributed by atoms with E-state index >= 15 is 0 Å². The maximum Gasteiger partial charge on any atom is 0.291 e. The molecule has 0 saturated carbocycles. The minimum atomic E-state index is -0.160. The van der Waals surface area contributed by atoms with Crippen LogP contribution in [0.2, 0.25) is 15.1 Å². The van der Waals surface area contributed by atoms with Crippen molar-refractivity contribution < 1.29 is 4.79 Å². The summed E-state index contributed by atoms with van der Waals surface area (Å²) in [5.74, 6) is 0.907. The molecular weight excluding hydrogens is 453 g/mol. The largest absolute Gasteiger partial charge is 0.335 e. The monoisotopic (exact) mass is 473 g/mol. The number of rotatable bonds is 3. The van der Waals surface area contributed by atoms with Crippen LogP contribution in [-0.4, -0.2) is 33.9 Å². The number of hydrogen-bond acceptors (Lipinski definition) is 3. The third kappa shape index (κ3) is 4.87. The number of carbonyl (C=O) groups is 1. The Morgan fingerprint density at radius 2 is 1.58 bits per heavy atom. The zero-order valence-electron chi connectivity index (χ0n) is 17.3. The van der Waals surface area contributed by atoms with Crippen LogP contribution in [0.3, 0.4) is 0 Å². The third-order valence-corrected chi connectivity index (χ3v) is 6.28. The highest BCUT2D eigenvalue weighted by atomic mass is 35.5. The van der Waals surface area contributed by atoms with E-state index < -0.39 is 0 Å². The molecule has 0 bridgehead atoms. The molecule has 1 aliphatic heterocycles. The topological polar surface area (TPSA) is 46.1 Å². The lowest BCUT2D eigenvalue weighted by Gasteiger charge is -2.34. The lowest BCUT2D eigenvalue weighted by molar-refractivity contribution is 0.0611. The zero-order valence-corrected chi connectivity index (χ0v) is 19.5. The first-order valence-corrected chi connectivity index (χ1v) is 11.3. The fraction of sp³-hybridized carbons (Fsp3) is 0.292. The summed E-state index contributed by atoms with van der Waals surface area (Å²) in [5.41, 5.74) is 2.91. The molecule has 0 N–H and O–H groups in total. The van der Waals surface area contributed by atoms with Crippen LogP contribution in [0, 0.1) is 11.8 Å².